The Bertz CT molecular complexity index is 1560. The van der Waals surface area contributed by atoms with Crippen LogP contribution in [0.25, 0.3) is 22.2 Å². The number of aromatic nitrogens is 2. The summed E-state index contributed by atoms with van der Waals surface area (Å²) in [4.78, 5) is 23.9. The first-order chi connectivity index (χ1) is 21.2. The van der Waals surface area contributed by atoms with Crippen LogP contribution in [0.5, 0.6) is 11.5 Å². The maximum Gasteiger partial charge on any atom is 0.416 e. The number of halogens is 3. The molecule has 1 N–H and O–H groups in total. The monoisotopic (exact) mass is 608 g/mol. The van der Waals surface area contributed by atoms with Crippen molar-refractivity contribution in [3.8, 4) is 22.8 Å². The van der Waals surface area contributed by atoms with Crippen molar-refractivity contribution in [2.45, 2.75) is 25.4 Å². The number of hydrogen-bond donors (Lipinski definition) is 1. The van der Waals surface area contributed by atoms with Gasteiger partial charge in [-0.25, -0.2) is 9.97 Å². The van der Waals surface area contributed by atoms with Crippen molar-refractivity contribution in [1.29, 1.82) is 0 Å². The largest absolute Gasteiger partial charge is 0.493 e. The van der Waals surface area contributed by atoms with Crippen LogP contribution in [0.2, 0.25) is 0 Å². The summed E-state index contributed by atoms with van der Waals surface area (Å²) in [5, 5.41) is 3.58. The molecule has 8 nitrogen and oxygen atoms in total. The molecule has 11 heteroatoms. The second-order valence-corrected chi connectivity index (χ2v) is 10.9. The Morgan fingerprint density at radius 3 is 2.50 bits per heavy atom. The lowest BCUT2D eigenvalue weighted by Crippen LogP contribution is -2.39. The van der Waals surface area contributed by atoms with Crippen molar-refractivity contribution >= 4 is 22.5 Å². The topological polar surface area (TPSA) is 85.8 Å². The summed E-state index contributed by atoms with van der Waals surface area (Å²) < 4.78 is 55.6. The van der Waals surface area contributed by atoms with E-state index < -0.39 is 11.7 Å². The van der Waals surface area contributed by atoms with E-state index >= 15 is 0 Å². The number of methoxy groups -OCH3 is 2. The summed E-state index contributed by atoms with van der Waals surface area (Å²) in [6.45, 7) is 4.26. The van der Waals surface area contributed by atoms with E-state index in [0.29, 0.717) is 46.5 Å². The van der Waals surface area contributed by atoms with E-state index in [1.165, 1.54) is 18.5 Å². The average molecular weight is 609 g/mol. The summed E-state index contributed by atoms with van der Waals surface area (Å²) in [6, 6.07) is 15.5. The summed E-state index contributed by atoms with van der Waals surface area (Å²) in [5.74, 6) is 1.30. The lowest BCUT2D eigenvalue weighted by molar-refractivity contribution is -0.137. The Morgan fingerprint density at radius 1 is 1.02 bits per heavy atom. The highest BCUT2D eigenvalue weighted by Gasteiger charge is 2.30. The van der Waals surface area contributed by atoms with Gasteiger partial charge in [0.25, 0.3) is 0 Å². The van der Waals surface area contributed by atoms with Crippen LogP contribution in [-0.4, -0.2) is 67.8 Å². The zero-order valence-electron chi connectivity index (χ0n) is 24.7. The molecule has 1 fully saturated rings. The van der Waals surface area contributed by atoms with E-state index in [0.717, 1.165) is 62.2 Å². The molecule has 3 aromatic carbocycles. The van der Waals surface area contributed by atoms with Crippen molar-refractivity contribution in [2.75, 3.05) is 52.4 Å². The summed E-state index contributed by atoms with van der Waals surface area (Å²) in [5.41, 5.74) is 2.52. The van der Waals surface area contributed by atoms with Crippen LogP contribution in [0, 0.1) is 5.92 Å². The Balaban J connectivity index is 1.25. The summed E-state index contributed by atoms with van der Waals surface area (Å²) in [6.07, 6.45) is -0.724. The molecular formula is C33H35F3N4O4. The number of fused-ring (bicyclic) bond motifs is 1. The third-order valence-corrected chi connectivity index (χ3v) is 7.70. The van der Waals surface area contributed by atoms with Crippen molar-refractivity contribution in [2.24, 2.45) is 5.92 Å². The van der Waals surface area contributed by atoms with Gasteiger partial charge in [0.05, 0.1) is 43.5 Å². The molecule has 0 spiro atoms. The Labute approximate surface area is 254 Å². The Kier molecular flexibility index (Phi) is 9.96. The van der Waals surface area contributed by atoms with E-state index in [1.807, 2.05) is 24.3 Å². The minimum atomic E-state index is -4.42. The number of likely N-dealkylation sites (tertiary alicyclic amines) is 1. The second kappa shape index (κ2) is 14.0. The molecule has 0 bridgehead atoms. The summed E-state index contributed by atoms with van der Waals surface area (Å²) in [7, 11) is 3.33. The van der Waals surface area contributed by atoms with Crippen molar-refractivity contribution in [1.82, 2.24) is 14.9 Å². The first-order valence-electron chi connectivity index (χ1n) is 14.5. The second-order valence-electron chi connectivity index (χ2n) is 10.9. The quantitative estimate of drug-likeness (QED) is 0.216. The van der Waals surface area contributed by atoms with Crippen molar-refractivity contribution in [3.63, 3.8) is 0 Å². The highest BCUT2D eigenvalue weighted by Crippen LogP contribution is 2.36. The third kappa shape index (κ3) is 7.83. The number of ether oxygens (including phenoxy) is 3. The van der Waals surface area contributed by atoms with Crippen molar-refractivity contribution in [3.05, 3.63) is 78.1 Å². The van der Waals surface area contributed by atoms with Gasteiger partial charge >= 0.3 is 6.18 Å². The van der Waals surface area contributed by atoms with Crippen LogP contribution < -0.4 is 14.8 Å². The van der Waals surface area contributed by atoms with Gasteiger partial charge in [-0.3, -0.25) is 4.79 Å². The molecule has 1 aliphatic rings. The molecule has 1 unspecified atom stereocenters. The van der Waals surface area contributed by atoms with Gasteiger partial charge in [0.15, 0.2) is 11.5 Å². The number of hydrogen-bond acceptors (Lipinski definition) is 7. The zero-order valence-corrected chi connectivity index (χ0v) is 24.7. The van der Waals surface area contributed by atoms with Gasteiger partial charge in [-0.2, -0.15) is 13.2 Å². The van der Waals surface area contributed by atoms with Crippen LogP contribution in [0.3, 0.4) is 0 Å². The number of piperidine rings is 1. The number of nitrogens with zero attached hydrogens (tertiary/aromatic N) is 3. The van der Waals surface area contributed by atoms with E-state index in [4.69, 9.17) is 14.2 Å². The van der Waals surface area contributed by atoms with Crippen LogP contribution >= 0.6 is 0 Å². The average Bonchev–Trinajstić information content (AvgIpc) is 3.02. The van der Waals surface area contributed by atoms with Gasteiger partial charge in [0.2, 0.25) is 5.91 Å². The normalized spacial score (nSPS) is 15.7. The number of rotatable bonds is 11. The number of amides is 1. The Hall–Kier alpha value is -4.22. The number of nitrogens with one attached hydrogen (secondary N) is 1. The molecule has 1 atom stereocenters. The maximum atomic E-state index is 12.8. The van der Waals surface area contributed by atoms with Crippen LogP contribution in [0.1, 0.15) is 24.0 Å². The lowest BCUT2D eigenvalue weighted by Gasteiger charge is -2.32. The molecular weight excluding hydrogens is 573 g/mol. The number of anilines is 1. The molecule has 44 heavy (non-hydrogen) atoms. The fourth-order valence-corrected chi connectivity index (χ4v) is 5.40. The molecule has 1 aliphatic heterocycles. The van der Waals surface area contributed by atoms with Gasteiger partial charge in [-0.15, -0.1) is 0 Å². The van der Waals surface area contributed by atoms with Crippen LogP contribution in [0.15, 0.2) is 67.0 Å². The van der Waals surface area contributed by atoms with Crippen molar-refractivity contribution < 1.29 is 32.2 Å². The lowest BCUT2D eigenvalue weighted by atomic mass is 9.99. The maximum absolute atomic E-state index is 12.8. The molecule has 0 saturated carbocycles. The standard InChI is InChI=1S/C33H35F3N4O4/c1-42-15-14-40-13-3-4-23(19-40)20-44-30-18-28-27(17-29(30)43-2)32(38-21-37-28)24-7-11-26(12-8-24)39-31(41)16-22-5-9-25(10-6-22)33(34,35)36/h5-12,17-18,21,23H,3-4,13-16,19-20H2,1-2H3,(H,39,41). The van der Waals surface area contributed by atoms with Crippen LogP contribution in [-0.2, 0) is 22.1 Å². The third-order valence-electron chi connectivity index (χ3n) is 7.70. The molecule has 4 aromatic rings. The molecule has 232 valence electrons. The number of alkyl halides is 3. The van der Waals surface area contributed by atoms with Gasteiger partial charge in [-0.05, 0) is 55.3 Å². The fourth-order valence-electron chi connectivity index (χ4n) is 5.40. The molecule has 1 aromatic heterocycles. The fraction of sp³-hybridized carbons (Fsp3) is 0.364. The van der Waals surface area contributed by atoms with E-state index in [2.05, 4.69) is 20.2 Å². The minimum absolute atomic E-state index is 0.0482. The number of carbonyl (C=O) groups excluding carboxylic acids is 1. The first-order valence-corrected chi connectivity index (χ1v) is 14.5. The van der Waals surface area contributed by atoms with Gasteiger partial charge in [-0.1, -0.05) is 24.3 Å². The Morgan fingerprint density at radius 2 is 1.80 bits per heavy atom. The molecule has 2 heterocycles. The minimum Gasteiger partial charge on any atom is -0.493 e. The molecule has 0 aliphatic carbocycles. The zero-order chi connectivity index (χ0) is 31.1. The molecule has 1 saturated heterocycles. The van der Waals surface area contributed by atoms with E-state index in [1.54, 1.807) is 26.4 Å². The SMILES string of the molecule is COCCN1CCCC(COc2cc3ncnc(-c4ccc(NC(=O)Cc5ccc(C(F)(F)F)cc5)cc4)c3cc2OC)C1. The van der Waals surface area contributed by atoms with Crippen LogP contribution in [0.4, 0.5) is 18.9 Å². The molecule has 1 amide bonds. The number of benzene rings is 3. The number of carbonyl (C=O) groups is 1. The smallest absolute Gasteiger partial charge is 0.416 e. The molecule has 5 rings (SSSR count). The summed E-state index contributed by atoms with van der Waals surface area (Å²) >= 11 is 0. The predicted octanol–water partition coefficient (Wildman–Crippen LogP) is 6.24. The van der Waals surface area contributed by atoms with Gasteiger partial charge in [0, 0.05) is 48.8 Å². The highest BCUT2D eigenvalue weighted by molar-refractivity contribution is 5.95. The van der Waals surface area contributed by atoms with E-state index in [-0.39, 0.29) is 12.3 Å². The first kappa shape index (κ1) is 31.2. The van der Waals surface area contributed by atoms with Gasteiger partial charge in [0.1, 0.15) is 6.33 Å². The highest BCUT2D eigenvalue weighted by atomic mass is 19.4. The van der Waals surface area contributed by atoms with E-state index in [9.17, 15) is 18.0 Å². The van der Waals surface area contributed by atoms with Gasteiger partial charge < -0.3 is 24.4 Å². The molecule has 0 radical (unpaired) electrons. The predicted molar refractivity (Wildman–Crippen MR) is 162 cm³/mol.